The van der Waals surface area contributed by atoms with Gasteiger partial charge < -0.3 is 23.9 Å². The minimum Gasteiger partial charge on any atom is -0.493 e. The fourth-order valence-electron chi connectivity index (χ4n) is 4.04. The first-order chi connectivity index (χ1) is 17.2. The predicted octanol–water partition coefficient (Wildman–Crippen LogP) is 5.57. The summed E-state index contributed by atoms with van der Waals surface area (Å²) in [6.45, 7) is 5.97. The Labute approximate surface area is 214 Å². The highest BCUT2D eigenvalue weighted by molar-refractivity contribution is 7.80. The molecular weight excluding hydrogens is 478 g/mol. The van der Waals surface area contributed by atoms with Crippen LogP contribution in [-0.2, 0) is 0 Å². The molecule has 4 rings (SSSR count). The molecule has 0 unspecified atom stereocenters. The van der Waals surface area contributed by atoms with Crippen LogP contribution in [-0.4, -0.2) is 37.3 Å². The van der Waals surface area contributed by atoms with E-state index in [2.05, 4.69) is 21.7 Å². The maximum Gasteiger partial charge on any atom is 0.257 e. The van der Waals surface area contributed by atoms with Gasteiger partial charge in [-0.2, -0.15) is 0 Å². The minimum absolute atomic E-state index is 0.137. The topological polar surface area (TPSA) is 94.9 Å². The van der Waals surface area contributed by atoms with E-state index in [0.29, 0.717) is 28.7 Å². The molecule has 0 bridgehead atoms. The standard InChI is InChI=1S/C27H27N3O5S/c1-14-10-15(2)23-20(11-14)28-26(35-23)18-8-7-9-19(16(18)3)29-27(36)30-25(31)17-12-21(32-4)24(34-6)22(13-17)33-5/h7-13H,1-6H3,(H2,29,30,31,36). The molecule has 9 heteroatoms. The normalized spacial score (nSPS) is 10.7. The van der Waals surface area contributed by atoms with Gasteiger partial charge in [-0.15, -0.1) is 0 Å². The number of nitrogens with zero attached hydrogens (tertiary/aromatic N) is 1. The van der Waals surface area contributed by atoms with Crippen molar-refractivity contribution in [3.63, 3.8) is 0 Å². The Morgan fingerprint density at radius 3 is 2.31 bits per heavy atom. The quantitative estimate of drug-likeness (QED) is 0.328. The smallest absolute Gasteiger partial charge is 0.257 e. The number of hydrogen-bond acceptors (Lipinski definition) is 7. The Hall–Kier alpha value is -4.11. The van der Waals surface area contributed by atoms with E-state index in [9.17, 15) is 4.79 Å². The molecule has 8 nitrogen and oxygen atoms in total. The van der Waals surface area contributed by atoms with E-state index in [4.69, 9.17) is 30.8 Å². The van der Waals surface area contributed by atoms with Gasteiger partial charge in [0.15, 0.2) is 22.2 Å². The summed E-state index contributed by atoms with van der Waals surface area (Å²) in [6.07, 6.45) is 0. The number of aryl methyl sites for hydroxylation is 2. The Bertz CT molecular complexity index is 1450. The van der Waals surface area contributed by atoms with Crippen molar-refractivity contribution in [1.29, 1.82) is 0 Å². The van der Waals surface area contributed by atoms with Crippen LogP contribution in [0.4, 0.5) is 5.69 Å². The lowest BCUT2D eigenvalue weighted by molar-refractivity contribution is 0.0977. The summed E-state index contributed by atoms with van der Waals surface area (Å²) in [5.41, 5.74) is 6.46. The number of carbonyl (C=O) groups excluding carboxylic acids is 1. The summed E-state index contributed by atoms with van der Waals surface area (Å²) in [5.74, 6) is 1.23. The predicted molar refractivity (Wildman–Crippen MR) is 143 cm³/mol. The number of amides is 1. The molecule has 1 amide bonds. The Balaban J connectivity index is 1.56. The second-order valence-electron chi connectivity index (χ2n) is 8.25. The molecule has 2 N–H and O–H groups in total. The second-order valence-corrected chi connectivity index (χ2v) is 8.66. The maximum atomic E-state index is 12.9. The van der Waals surface area contributed by atoms with E-state index < -0.39 is 5.91 Å². The van der Waals surface area contributed by atoms with Crippen LogP contribution in [0.15, 0.2) is 46.9 Å². The lowest BCUT2D eigenvalue weighted by Crippen LogP contribution is -2.34. The van der Waals surface area contributed by atoms with Crippen LogP contribution in [0.2, 0.25) is 0 Å². The van der Waals surface area contributed by atoms with Crippen molar-refractivity contribution in [3.8, 4) is 28.7 Å². The number of benzene rings is 3. The summed E-state index contributed by atoms with van der Waals surface area (Å²) in [7, 11) is 4.47. The first-order valence-electron chi connectivity index (χ1n) is 11.2. The fraction of sp³-hybridized carbons (Fsp3) is 0.222. The first-order valence-corrected chi connectivity index (χ1v) is 11.6. The third-order valence-electron chi connectivity index (χ3n) is 5.79. The van der Waals surface area contributed by atoms with Crippen LogP contribution >= 0.6 is 12.2 Å². The van der Waals surface area contributed by atoms with E-state index in [1.54, 1.807) is 12.1 Å². The summed E-state index contributed by atoms with van der Waals surface area (Å²) >= 11 is 5.42. The van der Waals surface area contributed by atoms with Gasteiger partial charge in [0.05, 0.1) is 21.3 Å². The van der Waals surface area contributed by atoms with Gasteiger partial charge in [0, 0.05) is 16.8 Å². The number of hydrogen-bond donors (Lipinski definition) is 2. The van der Waals surface area contributed by atoms with E-state index in [0.717, 1.165) is 39.0 Å². The highest BCUT2D eigenvalue weighted by Gasteiger charge is 2.19. The number of oxazole rings is 1. The number of ether oxygens (including phenoxy) is 3. The van der Waals surface area contributed by atoms with Gasteiger partial charge in [0.25, 0.3) is 5.91 Å². The number of methoxy groups -OCH3 is 3. The number of carbonyl (C=O) groups is 1. The highest BCUT2D eigenvalue weighted by Crippen LogP contribution is 2.38. The summed E-state index contributed by atoms with van der Waals surface area (Å²) in [4.78, 5) is 17.6. The van der Waals surface area contributed by atoms with E-state index in [1.165, 1.54) is 21.3 Å². The third kappa shape index (κ3) is 4.83. The van der Waals surface area contributed by atoms with Crippen molar-refractivity contribution >= 4 is 40.0 Å². The second kappa shape index (κ2) is 10.2. The molecule has 0 spiro atoms. The zero-order valence-corrected chi connectivity index (χ0v) is 21.8. The van der Waals surface area contributed by atoms with Crippen molar-refractivity contribution in [3.05, 3.63) is 64.7 Å². The van der Waals surface area contributed by atoms with Crippen LogP contribution < -0.4 is 24.8 Å². The largest absolute Gasteiger partial charge is 0.493 e. The highest BCUT2D eigenvalue weighted by atomic mass is 32.1. The molecule has 1 heterocycles. The van der Waals surface area contributed by atoms with Crippen molar-refractivity contribution < 1.29 is 23.4 Å². The molecule has 0 aliphatic rings. The Kier molecular flexibility index (Phi) is 7.12. The van der Waals surface area contributed by atoms with Gasteiger partial charge in [-0.1, -0.05) is 12.1 Å². The van der Waals surface area contributed by atoms with Crippen LogP contribution in [0.3, 0.4) is 0 Å². The van der Waals surface area contributed by atoms with Gasteiger partial charge >= 0.3 is 0 Å². The number of fused-ring (bicyclic) bond motifs is 1. The van der Waals surface area contributed by atoms with Gasteiger partial charge in [0.2, 0.25) is 11.6 Å². The maximum absolute atomic E-state index is 12.9. The summed E-state index contributed by atoms with van der Waals surface area (Å²) < 4.78 is 22.1. The molecule has 0 saturated heterocycles. The molecule has 0 radical (unpaired) electrons. The van der Waals surface area contributed by atoms with Crippen LogP contribution in [0.25, 0.3) is 22.6 Å². The van der Waals surface area contributed by atoms with Gasteiger partial charge in [-0.3, -0.25) is 10.1 Å². The number of nitrogens with one attached hydrogen (secondary N) is 2. The van der Waals surface area contributed by atoms with Crippen molar-refractivity contribution in [2.24, 2.45) is 0 Å². The SMILES string of the molecule is COc1cc(C(=O)NC(=S)Nc2cccc(-c3nc4cc(C)cc(C)c4o3)c2C)cc(OC)c1OC. The van der Waals surface area contributed by atoms with E-state index in [-0.39, 0.29) is 5.11 Å². The molecule has 186 valence electrons. The molecule has 0 atom stereocenters. The molecule has 0 saturated carbocycles. The van der Waals surface area contributed by atoms with Gasteiger partial charge in [-0.05, 0) is 80.0 Å². The van der Waals surface area contributed by atoms with E-state index in [1.807, 2.05) is 45.0 Å². The van der Waals surface area contributed by atoms with Crippen molar-refractivity contribution in [2.45, 2.75) is 20.8 Å². The first kappa shape index (κ1) is 25.0. The monoisotopic (exact) mass is 505 g/mol. The van der Waals surface area contributed by atoms with Crippen molar-refractivity contribution in [2.75, 3.05) is 26.6 Å². The summed E-state index contributed by atoms with van der Waals surface area (Å²) in [6, 6.07) is 12.9. The fourth-order valence-corrected chi connectivity index (χ4v) is 4.24. The average Bonchev–Trinajstić information content (AvgIpc) is 3.28. The lowest BCUT2D eigenvalue weighted by atomic mass is 10.1. The summed E-state index contributed by atoms with van der Waals surface area (Å²) in [5, 5.41) is 5.93. The van der Waals surface area contributed by atoms with Crippen molar-refractivity contribution in [1.82, 2.24) is 10.3 Å². The molecule has 36 heavy (non-hydrogen) atoms. The zero-order valence-electron chi connectivity index (χ0n) is 20.9. The number of rotatable bonds is 6. The minimum atomic E-state index is -0.426. The Morgan fingerprint density at radius 1 is 0.972 bits per heavy atom. The zero-order chi connectivity index (χ0) is 26.0. The van der Waals surface area contributed by atoms with Gasteiger partial charge in [0.1, 0.15) is 5.52 Å². The molecular formula is C27H27N3O5S. The van der Waals surface area contributed by atoms with Crippen LogP contribution in [0.5, 0.6) is 17.2 Å². The lowest BCUT2D eigenvalue weighted by Gasteiger charge is -2.15. The Morgan fingerprint density at radius 2 is 1.67 bits per heavy atom. The van der Waals surface area contributed by atoms with E-state index >= 15 is 0 Å². The number of anilines is 1. The molecule has 4 aromatic rings. The molecule has 0 aliphatic heterocycles. The molecule has 0 fully saturated rings. The van der Waals surface area contributed by atoms with Gasteiger partial charge in [-0.25, -0.2) is 4.98 Å². The van der Waals surface area contributed by atoms with Crippen LogP contribution in [0, 0.1) is 20.8 Å². The number of aromatic nitrogens is 1. The molecule has 3 aromatic carbocycles. The average molecular weight is 506 g/mol. The third-order valence-corrected chi connectivity index (χ3v) is 5.99. The molecule has 0 aliphatic carbocycles. The number of thiocarbonyl (C=S) groups is 1. The molecule has 1 aromatic heterocycles. The van der Waals surface area contributed by atoms with Crippen LogP contribution in [0.1, 0.15) is 27.0 Å².